The van der Waals surface area contributed by atoms with E-state index >= 15 is 0 Å². The van der Waals surface area contributed by atoms with Gasteiger partial charge in [0.2, 0.25) is 11.8 Å². The van der Waals surface area contributed by atoms with Gasteiger partial charge in [-0.2, -0.15) is 0 Å². The van der Waals surface area contributed by atoms with Gasteiger partial charge in [-0.25, -0.2) is 0 Å². The molecule has 0 spiro atoms. The van der Waals surface area contributed by atoms with E-state index in [2.05, 4.69) is 6.92 Å². The van der Waals surface area contributed by atoms with Gasteiger partial charge in [0.15, 0.2) is 5.78 Å². The van der Waals surface area contributed by atoms with Crippen LogP contribution < -0.4 is 5.11 Å². The Labute approximate surface area is 126 Å². The van der Waals surface area contributed by atoms with Crippen LogP contribution in [0.25, 0.3) is 0 Å². The van der Waals surface area contributed by atoms with Crippen molar-refractivity contribution in [2.45, 2.75) is 50.9 Å². The smallest absolute Gasteiger partial charge is 0.227 e. The van der Waals surface area contributed by atoms with Crippen molar-refractivity contribution < 1.29 is 29.4 Å². The number of nitrogens with zero attached hydrogens (tertiary/aromatic N) is 1. The Morgan fingerprint density at radius 2 is 1.86 bits per heavy atom. The Hall–Kier alpha value is -1.24. The first-order chi connectivity index (χ1) is 9.55. The van der Waals surface area contributed by atoms with Gasteiger partial charge < -0.3 is 24.6 Å². The van der Waals surface area contributed by atoms with Crippen LogP contribution in [0.1, 0.15) is 39.0 Å². The number of rotatable bonds is 10. The number of ketones is 1. The zero-order valence-corrected chi connectivity index (χ0v) is 13.3. The lowest BCUT2D eigenvalue weighted by Gasteiger charge is -2.39. The molecule has 21 heavy (non-hydrogen) atoms. The van der Waals surface area contributed by atoms with Gasteiger partial charge in [0.05, 0.1) is 21.1 Å². The zero-order chi connectivity index (χ0) is 16.7. The Kier molecular flexibility index (Phi) is 7.78. The number of carbonyl (C=O) groups is 2. The number of carbonyl (C=O) groups excluding carboxylic acids is 2. The van der Waals surface area contributed by atoms with Crippen LogP contribution >= 0.6 is 0 Å². The minimum absolute atomic E-state index is 0.167. The summed E-state index contributed by atoms with van der Waals surface area (Å²) in [5.74, 6) is -2.40. The summed E-state index contributed by atoms with van der Waals surface area (Å²) >= 11 is 0. The highest BCUT2D eigenvalue weighted by Gasteiger charge is 2.49. The first-order valence-corrected chi connectivity index (χ1v) is 7.18. The normalized spacial score (nSPS) is 16.7. The van der Waals surface area contributed by atoms with E-state index in [1.807, 2.05) is 0 Å². The summed E-state index contributed by atoms with van der Waals surface area (Å²) in [5, 5.41) is 31.3. The van der Waals surface area contributed by atoms with Crippen molar-refractivity contribution in [3.8, 4) is 0 Å². The molecule has 2 unspecified atom stereocenters. The minimum Gasteiger partial charge on any atom is -0.550 e. The van der Waals surface area contributed by atoms with E-state index in [4.69, 9.17) is 0 Å². The number of hydrogen-bond acceptors (Lipinski definition) is 5. The van der Waals surface area contributed by atoms with Crippen molar-refractivity contribution in [2.24, 2.45) is 0 Å². The number of aliphatic hydroxyl groups is 2. The van der Waals surface area contributed by atoms with Gasteiger partial charge >= 0.3 is 0 Å². The van der Waals surface area contributed by atoms with Crippen molar-refractivity contribution in [1.82, 2.24) is 0 Å². The summed E-state index contributed by atoms with van der Waals surface area (Å²) in [6.45, 7) is 2.06. The lowest BCUT2D eigenvalue weighted by Crippen LogP contribution is -2.63. The molecule has 122 valence electrons. The predicted molar refractivity (Wildman–Crippen MR) is 76.9 cm³/mol. The summed E-state index contributed by atoms with van der Waals surface area (Å²) < 4.78 is -0.167. The molecule has 0 aromatic rings. The topological polar surface area (TPSA) is 97.7 Å². The number of hydrogen-bond donors (Lipinski definition) is 2. The van der Waals surface area contributed by atoms with Gasteiger partial charge in [-0.1, -0.05) is 25.8 Å². The molecule has 0 bridgehead atoms. The molecule has 6 heteroatoms. The van der Waals surface area contributed by atoms with Crippen LogP contribution in [0.4, 0.5) is 0 Å². The third-order valence-corrected chi connectivity index (χ3v) is 3.24. The molecular weight excluding hydrogens is 274 g/mol. The fourth-order valence-corrected chi connectivity index (χ4v) is 2.01. The molecule has 0 radical (unpaired) electrons. The van der Waals surface area contributed by atoms with Crippen molar-refractivity contribution in [1.29, 1.82) is 0 Å². The number of quaternary nitrogens is 1. The molecule has 0 saturated heterocycles. The van der Waals surface area contributed by atoms with Crippen molar-refractivity contribution in [2.75, 3.05) is 21.1 Å². The van der Waals surface area contributed by atoms with Crippen LogP contribution in [-0.4, -0.2) is 59.4 Å². The van der Waals surface area contributed by atoms with E-state index < -0.39 is 30.0 Å². The fourth-order valence-electron chi connectivity index (χ4n) is 2.01. The quantitative estimate of drug-likeness (QED) is 0.247. The van der Waals surface area contributed by atoms with Crippen molar-refractivity contribution in [3.05, 3.63) is 12.2 Å². The number of carboxylic acid groups (broad SMARTS) is 1. The zero-order valence-electron chi connectivity index (χ0n) is 13.3. The summed E-state index contributed by atoms with van der Waals surface area (Å²) in [5.41, 5.74) is -2.39. The maximum atomic E-state index is 12.1. The van der Waals surface area contributed by atoms with E-state index in [1.165, 1.54) is 0 Å². The highest BCUT2D eigenvalue weighted by atomic mass is 16.4. The van der Waals surface area contributed by atoms with Gasteiger partial charge in [-0.05, 0) is 18.9 Å². The lowest BCUT2D eigenvalue weighted by atomic mass is 9.90. The average Bonchev–Trinajstić information content (AvgIpc) is 2.35. The van der Waals surface area contributed by atoms with E-state index in [0.29, 0.717) is 6.42 Å². The highest BCUT2D eigenvalue weighted by molar-refractivity contribution is 5.99. The average molecular weight is 301 g/mol. The Morgan fingerprint density at radius 3 is 2.29 bits per heavy atom. The molecular formula is C15H27NO5. The Bertz CT molecular complexity index is 386. The summed E-state index contributed by atoms with van der Waals surface area (Å²) in [6, 6.07) is 0. The molecule has 0 aliphatic rings. The second kappa shape index (κ2) is 8.26. The molecule has 0 heterocycles. The Balaban J connectivity index is 5.05. The monoisotopic (exact) mass is 301 g/mol. The van der Waals surface area contributed by atoms with Crippen LogP contribution in [0.3, 0.4) is 0 Å². The van der Waals surface area contributed by atoms with E-state index in [0.717, 1.165) is 25.3 Å². The number of carboxylic acids is 1. The summed E-state index contributed by atoms with van der Waals surface area (Å²) in [4.78, 5) is 22.9. The van der Waals surface area contributed by atoms with Crippen molar-refractivity contribution >= 4 is 11.8 Å². The molecule has 6 nitrogen and oxygen atoms in total. The van der Waals surface area contributed by atoms with E-state index in [-0.39, 0.29) is 4.48 Å². The molecule has 0 fully saturated rings. The molecule has 2 atom stereocenters. The standard InChI is InChI=1S/C15H27NO5/c1-5-6-7-8-9-10-12(17)15(21,11-13(18)19)14(20)16(2,3)4/h9-10,14,20-21H,5-8,11H2,1-4H3. The largest absolute Gasteiger partial charge is 0.550 e. The second-order valence-corrected chi connectivity index (χ2v) is 6.23. The number of likely N-dealkylation sites (N-methyl/N-ethyl adjacent to an activating group) is 1. The number of aliphatic hydroxyl groups excluding tert-OH is 1. The maximum absolute atomic E-state index is 12.1. The van der Waals surface area contributed by atoms with E-state index in [9.17, 15) is 24.9 Å². The van der Waals surface area contributed by atoms with Crippen molar-refractivity contribution in [3.63, 3.8) is 0 Å². The molecule has 0 aliphatic carbocycles. The fraction of sp³-hybridized carbons (Fsp3) is 0.733. The van der Waals surface area contributed by atoms with Crippen LogP contribution in [0.5, 0.6) is 0 Å². The summed E-state index contributed by atoms with van der Waals surface area (Å²) in [6.07, 6.45) is 3.90. The highest BCUT2D eigenvalue weighted by Crippen LogP contribution is 2.23. The van der Waals surface area contributed by atoms with Gasteiger partial charge in [0.1, 0.15) is 0 Å². The minimum atomic E-state index is -2.39. The predicted octanol–water partition coefficient (Wildman–Crippen LogP) is -0.412. The first-order valence-electron chi connectivity index (χ1n) is 7.18. The molecule has 0 saturated carbocycles. The summed E-state index contributed by atoms with van der Waals surface area (Å²) in [7, 11) is 4.68. The number of aliphatic carboxylic acids is 1. The molecule has 2 N–H and O–H groups in total. The van der Waals surface area contributed by atoms with Gasteiger partial charge in [-0.15, -0.1) is 0 Å². The third kappa shape index (κ3) is 6.37. The van der Waals surface area contributed by atoms with Crippen LogP contribution in [-0.2, 0) is 9.59 Å². The van der Waals surface area contributed by atoms with Crippen LogP contribution in [0.15, 0.2) is 12.2 Å². The van der Waals surface area contributed by atoms with Gasteiger partial charge in [-0.3, -0.25) is 4.79 Å². The van der Waals surface area contributed by atoms with Gasteiger partial charge in [0, 0.05) is 12.4 Å². The second-order valence-electron chi connectivity index (χ2n) is 6.23. The molecule has 0 aromatic carbocycles. The van der Waals surface area contributed by atoms with Crippen LogP contribution in [0.2, 0.25) is 0 Å². The van der Waals surface area contributed by atoms with Crippen LogP contribution in [0, 0.1) is 0 Å². The maximum Gasteiger partial charge on any atom is 0.227 e. The first kappa shape index (κ1) is 19.8. The number of unbranched alkanes of at least 4 members (excludes halogenated alkanes) is 3. The molecule has 0 amide bonds. The lowest BCUT2D eigenvalue weighted by molar-refractivity contribution is -0.925. The van der Waals surface area contributed by atoms with Gasteiger partial charge in [0.25, 0.3) is 0 Å². The molecule has 0 rings (SSSR count). The molecule has 0 aromatic heterocycles. The third-order valence-electron chi connectivity index (χ3n) is 3.24. The Morgan fingerprint density at radius 1 is 1.29 bits per heavy atom. The molecule has 0 aliphatic heterocycles. The SMILES string of the molecule is CCCCCC=CC(=O)C(O)(CC(=O)[O-])C(O)[N+](C)(C)C. The van der Waals surface area contributed by atoms with E-state index in [1.54, 1.807) is 27.2 Å². The number of allylic oxidation sites excluding steroid dienone is 1.